The minimum Gasteiger partial charge on any atom is -0.376 e. The first-order valence-corrected chi connectivity index (χ1v) is 8.84. The molecule has 5 nitrogen and oxygen atoms in total. The Kier molecular flexibility index (Phi) is 8.18. The molecule has 2 heterocycles. The van der Waals surface area contributed by atoms with Crippen LogP contribution < -0.4 is 10.6 Å². The smallest absolute Gasteiger partial charge is 0.191 e. The van der Waals surface area contributed by atoms with E-state index in [2.05, 4.69) is 20.5 Å². The van der Waals surface area contributed by atoms with Gasteiger partial charge < -0.3 is 15.4 Å². The predicted molar refractivity (Wildman–Crippen MR) is 109 cm³/mol. The van der Waals surface area contributed by atoms with Crippen molar-refractivity contribution in [3.05, 3.63) is 34.6 Å². The van der Waals surface area contributed by atoms with Crippen LogP contribution in [0.15, 0.2) is 23.2 Å². The van der Waals surface area contributed by atoms with E-state index in [4.69, 9.17) is 16.3 Å². The number of guanidine groups is 1. The summed E-state index contributed by atoms with van der Waals surface area (Å²) in [6.07, 6.45) is 1.16. The predicted octanol–water partition coefficient (Wildman–Crippen LogP) is 2.80. The molecule has 0 spiro atoms. The van der Waals surface area contributed by atoms with Gasteiger partial charge in [0.15, 0.2) is 5.96 Å². The minimum atomic E-state index is -0.271. The van der Waals surface area contributed by atoms with Crippen LogP contribution in [0.25, 0.3) is 0 Å². The van der Waals surface area contributed by atoms with E-state index in [-0.39, 0.29) is 41.9 Å². The van der Waals surface area contributed by atoms with Crippen molar-refractivity contribution < 1.29 is 9.13 Å². The molecule has 2 aliphatic rings. The van der Waals surface area contributed by atoms with Crippen LogP contribution in [0, 0.1) is 5.82 Å². The highest BCUT2D eigenvalue weighted by atomic mass is 127. The Morgan fingerprint density at radius 2 is 2.36 bits per heavy atom. The Labute approximate surface area is 170 Å². The Hall–Kier alpha value is -0.640. The van der Waals surface area contributed by atoms with Gasteiger partial charge in [0.25, 0.3) is 0 Å². The van der Waals surface area contributed by atoms with Crippen LogP contribution in [-0.4, -0.2) is 56.3 Å². The number of benzene rings is 1. The molecule has 1 aromatic rings. The maximum absolute atomic E-state index is 14.5. The molecule has 140 valence electrons. The zero-order valence-electron chi connectivity index (χ0n) is 14.3. The molecule has 2 unspecified atom stereocenters. The topological polar surface area (TPSA) is 48.9 Å². The molecule has 1 aromatic carbocycles. The van der Waals surface area contributed by atoms with E-state index in [0.717, 1.165) is 38.6 Å². The van der Waals surface area contributed by atoms with Crippen LogP contribution in [0.3, 0.4) is 0 Å². The second-order valence-electron chi connectivity index (χ2n) is 6.22. The third-order valence-corrected chi connectivity index (χ3v) is 4.74. The molecule has 1 fully saturated rings. The number of nitrogens with one attached hydrogen (secondary N) is 2. The second-order valence-corrected chi connectivity index (χ2v) is 6.63. The van der Waals surface area contributed by atoms with Crippen molar-refractivity contribution in [3.63, 3.8) is 0 Å². The summed E-state index contributed by atoms with van der Waals surface area (Å²) in [7, 11) is 0. The largest absolute Gasteiger partial charge is 0.376 e. The van der Waals surface area contributed by atoms with Gasteiger partial charge in [-0.3, -0.25) is 9.89 Å². The maximum atomic E-state index is 14.5. The van der Waals surface area contributed by atoms with Crippen LogP contribution in [0.5, 0.6) is 0 Å². The molecular weight excluding hydrogens is 458 g/mol. The Balaban J connectivity index is 0.00000225. The van der Waals surface area contributed by atoms with Gasteiger partial charge in [-0.1, -0.05) is 17.7 Å². The standard InChI is InChI=1S/C17H24ClFN4O.HI/c1-12-11-23(8-9-24-12)15(10-22-17-20-6-3-7-21-17)16-13(18)4-2-5-14(16)19;/h2,4-5,12,15H,3,6-11H2,1H3,(H2,20,21,22);1H. The first kappa shape index (κ1) is 20.7. The number of halogens is 3. The number of ether oxygens (including phenoxy) is 1. The third kappa shape index (κ3) is 5.42. The van der Waals surface area contributed by atoms with Gasteiger partial charge in [0.05, 0.1) is 18.8 Å². The summed E-state index contributed by atoms with van der Waals surface area (Å²) in [4.78, 5) is 6.66. The van der Waals surface area contributed by atoms with E-state index in [1.807, 2.05) is 6.92 Å². The molecule has 0 aliphatic carbocycles. The highest BCUT2D eigenvalue weighted by Gasteiger charge is 2.29. The Morgan fingerprint density at radius 3 is 3.04 bits per heavy atom. The quantitative estimate of drug-likeness (QED) is 0.648. The highest BCUT2D eigenvalue weighted by molar-refractivity contribution is 14.0. The molecule has 8 heteroatoms. The fraction of sp³-hybridized carbons (Fsp3) is 0.588. The average molecular weight is 483 g/mol. The molecule has 0 aromatic heterocycles. The lowest BCUT2D eigenvalue weighted by Crippen LogP contribution is -2.49. The van der Waals surface area contributed by atoms with Crippen LogP contribution in [0.1, 0.15) is 24.9 Å². The molecule has 0 bridgehead atoms. The van der Waals surface area contributed by atoms with Gasteiger partial charge in [0.1, 0.15) is 5.82 Å². The SMILES string of the molecule is CC1CN(C(CNC2=NCCCN2)c2c(F)cccc2Cl)CCO1.I. The van der Waals surface area contributed by atoms with E-state index < -0.39 is 0 Å². The molecular formula is C17H25ClFIN4O. The zero-order valence-corrected chi connectivity index (χ0v) is 17.4. The van der Waals surface area contributed by atoms with Gasteiger partial charge in [0.2, 0.25) is 0 Å². The van der Waals surface area contributed by atoms with Gasteiger partial charge in [0, 0.05) is 43.3 Å². The van der Waals surface area contributed by atoms with Gasteiger partial charge in [-0.25, -0.2) is 4.39 Å². The number of morpholine rings is 1. The van der Waals surface area contributed by atoms with E-state index in [0.29, 0.717) is 23.7 Å². The van der Waals surface area contributed by atoms with E-state index in [1.165, 1.54) is 6.07 Å². The number of hydrogen-bond acceptors (Lipinski definition) is 5. The summed E-state index contributed by atoms with van der Waals surface area (Å²) in [5, 5.41) is 7.01. The molecule has 2 aliphatic heterocycles. The van der Waals surface area contributed by atoms with Gasteiger partial charge >= 0.3 is 0 Å². The molecule has 1 saturated heterocycles. The van der Waals surface area contributed by atoms with Crippen molar-refractivity contribution in [2.45, 2.75) is 25.5 Å². The normalized spacial score (nSPS) is 22.4. The second kappa shape index (κ2) is 9.89. The summed E-state index contributed by atoms with van der Waals surface area (Å²) in [5.41, 5.74) is 0.539. The van der Waals surface area contributed by atoms with Gasteiger partial charge in [-0.2, -0.15) is 0 Å². The first-order valence-electron chi connectivity index (χ1n) is 8.47. The monoisotopic (exact) mass is 482 g/mol. The number of rotatable bonds is 4. The first-order chi connectivity index (χ1) is 11.6. The Morgan fingerprint density at radius 1 is 1.52 bits per heavy atom. The summed E-state index contributed by atoms with van der Waals surface area (Å²) < 4.78 is 20.1. The summed E-state index contributed by atoms with van der Waals surface area (Å²) in [5.74, 6) is 0.506. The maximum Gasteiger partial charge on any atom is 0.191 e. The lowest BCUT2D eigenvalue weighted by atomic mass is 10.0. The highest BCUT2D eigenvalue weighted by Crippen LogP contribution is 2.31. The van der Waals surface area contributed by atoms with Gasteiger partial charge in [-0.15, -0.1) is 24.0 Å². The fourth-order valence-corrected chi connectivity index (χ4v) is 3.50. The molecule has 3 rings (SSSR count). The zero-order chi connectivity index (χ0) is 16.9. The Bertz CT molecular complexity index is 584. The van der Waals surface area contributed by atoms with Crippen molar-refractivity contribution in [1.82, 2.24) is 15.5 Å². The van der Waals surface area contributed by atoms with Crippen LogP contribution in [0.4, 0.5) is 4.39 Å². The van der Waals surface area contributed by atoms with Crippen LogP contribution in [0.2, 0.25) is 5.02 Å². The summed E-state index contributed by atoms with van der Waals surface area (Å²) >= 11 is 6.33. The van der Waals surface area contributed by atoms with Crippen molar-refractivity contribution in [2.24, 2.45) is 4.99 Å². The van der Waals surface area contributed by atoms with Crippen molar-refractivity contribution in [3.8, 4) is 0 Å². The van der Waals surface area contributed by atoms with Crippen LogP contribution in [-0.2, 0) is 4.74 Å². The number of hydrogen-bond donors (Lipinski definition) is 2. The molecule has 0 saturated carbocycles. The average Bonchev–Trinajstić information content (AvgIpc) is 2.58. The lowest BCUT2D eigenvalue weighted by Gasteiger charge is -2.38. The molecule has 0 radical (unpaired) electrons. The minimum absolute atomic E-state index is 0. The number of nitrogens with zero attached hydrogens (tertiary/aromatic N) is 2. The van der Waals surface area contributed by atoms with E-state index >= 15 is 0 Å². The lowest BCUT2D eigenvalue weighted by molar-refractivity contribution is -0.0343. The molecule has 2 N–H and O–H groups in total. The summed E-state index contributed by atoms with van der Waals surface area (Å²) in [6, 6.07) is 4.68. The van der Waals surface area contributed by atoms with Crippen molar-refractivity contribution in [2.75, 3.05) is 39.3 Å². The molecule has 0 amide bonds. The third-order valence-electron chi connectivity index (χ3n) is 4.41. The van der Waals surface area contributed by atoms with Crippen LogP contribution >= 0.6 is 35.6 Å². The van der Waals surface area contributed by atoms with Crippen molar-refractivity contribution >= 4 is 41.5 Å². The summed E-state index contributed by atoms with van der Waals surface area (Å²) in [6.45, 7) is 6.44. The van der Waals surface area contributed by atoms with E-state index in [9.17, 15) is 4.39 Å². The molecule has 25 heavy (non-hydrogen) atoms. The van der Waals surface area contributed by atoms with Gasteiger partial charge in [-0.05, 0) is 25.5 Å². The fourth-order valence-electron chi connectivity index (χ4n) is 3.22. The molecule has 2 atom stereocenters. The number of aliphatic imine (C=N–C) groups is 1. The van der Waals surface area contributed by atoms with Crippen molar-refractivity contribution in [1.29, 1.82) is 0 Å². The van der Waals surface area contributed by atoms with E-state index in [1.54, 1.807) is 12.1 Å².